The number of allylic oxidation sites excluding steroid dienone is 2. The van der Waals surface area contributed by atoms with Crippen LogP contribution < -0.4 is 0 Å². The molecule has 0 bridgehead atoms. The summed E-state index contributed by atoms with van der Waals surface area (Å²) in [5.74, 6) is 4.66. The molecule has 8 atom stereocenters. The first-order valence-electron chi connectivity index (χ1n) is 10.8. The molecule has 1 fully saturated rings. The molecule has 0 radical (unpaired) electrons. The fourth-order valence-corrected chi connectivity index (χ4v) is 4.42. The highest BCUT2D eigenvalue weighted by Gasteiger charge is 2.31. The molecule has 1 nitrogen and oxygen atoms in total. The van der Waals surface area contributed by atoms with Crippen LogP contribution in [0.5, 0.6) is 0 Å². The molecule has 1 aliphatic rings. The fraction of sp³-hybridized carbons (Fsp3) is 0.875. The normalized spacial score (nSPS) is 27.5. The highest BCUT2D eigenvalue weighted by atomic mass is 14.4. The maximum atomic E-state index is 9.79. The summed E-state index contributed by atoms with van der Waals surface area (Å²) in [5, 5.41) is 9.79. The molecule has 0 aromatic rings. The van der Waals surface area contributed by atoms with Crippen molar-refractivity contribution in [2.24, 2.45) is 47.3 Å². The number of hydrogen-bond acceptors (Lipinski definition) is 1. The van der Waals surface area contributed by atoms with Crippen LogP contribution in [0.25, 0.3) is 0 Å². The molecule has 144 valence electrons. The Kier molecular flexibility index (Phi) is 9.26. The molecular weight excluding hydrogens is 302 g/mol. The Balaban J connectivity index is 2.66. The van der Waals surface area contributed by atoms with Crippen molar-refractivity contribution in [2.45, 2.75) is 87.5 Å². The lowest BCUT2D eigenvalue weighted by atomic mass is 9.69. The van der Waals surface area contributed by atoms with Crippen molar-refractivity contribution in [1.82, 2.24) is 0 Å². The van der Waals surface area contributed by atoms with Gasteiger partial charge in [0.2, 0.25) is 0 Å². The highest BCUT2D eigenvalue weighted by molar-refractivity contribution is 5.15. The molecule has 0 aromatic heterocycles. The minimum atomic E-state index is 0.189. The molecule has 8 unspecified atom stereocenters. The average Bonchev–Trinajstić information content (AvgIpc) is 2.60. The van der Waals surface area contributed by atoms with E-state index in [0.717, 1.165) is 18.3 Å². The lowest BCUT2D eigenvalue weighted by Gasteiger charge is -2.35. The largest absolute Gasteiger partial charge is 0.198 e. The molecule has 0 spiro atoms. The summed E-state index contributed by atoms with van der Waals surface area (Å²) in [6, 6.07) is 2.66. The van der Waals surface area contributed by atoms with Crippen LogP contribution in [-0.4, -0.2) is 0 Å². The van der Waals surface area contributed by atoms with Crippen molar-refractivity contribution >= 4 is 0 Å². The van der Waals surface area contributed by atoms with E-state index in [1.807, 2.05) is 0 Å². The Morgan fingerprint density at radius 1 is 1.04 bits per heavy atom. The first kappa shape index (κ1) is 22.3. The molecule has 1 heteroatoms. The molecule has 0 saturated heterocycles. The zero-order valence-electron chi connectivity index (χ0n) is 18.2. The van der Waals surface area contributed by atoms with E-state index in [4.69, 9.17) is 0 Å². The van der Waals surface area contributed by atoms with E-state index >= 15 is 0 Å². The van der Waals surface area contributed by atoms with Crippen molar-refractivity contribution in [2.75, 3.05) is 0 Å². The van der Waals surface area contributed by atoms with Gasteiger partial charge in [0.05, 0.1) is 6.07 Å². The average molecular weight is 346 g/mol. The van der Waals surface area contributed by atoms with Crippen LogP contribution in [0, 0.1) is 58.7 Å². The molecule has 0 amide bonds. The van der Waals surface area contributed by atoms with Crippen LogP contribution in [0.1, 0.15) is 87.5 Å². The number of hydrogen-bond donors (Lipinski definition) is 0. The Morgan fingerprint density at radius 2 is 1.68 bits per heavy atom. The second kappa shape index (κ2) is 10.4. The summed E-state index contributed by atoms with van der Waals surface area (Å²) in [4.78, 5) is 0. The Bertz CT molecular complexity index is 457. The predicted molar refractivity (Wildman–Crippen MR) is 110 cm³/mol. The minimum Gasteiger partial charge on any atom is -0.198 e. The molecule has 1 saturated carbocycles. The third kappa shape index (κ3) is 6.16. The van der Waals surface area contributed by atoms with E-state index < -0.39 is 0 Å². The van der Waals surface area contributed by atoms with Gasteiger partial charge >= 0.3 is 0 Å². The predicted octanol–water partition coefficient (Wildman–Crippen LogP) is 7.49. The van der Waals surface area contributed by atoms with Crippen LogP contribution in [-0.2, 0) is 0 Å². The van der Waals surface area contributed by atoms with E-state index in [9.17, 15) is 5.26 Å². The van der Waals surface area contributed by atoms with Gasteiger partial charge in [-0.2, -0.15) is 5.26 Å². The second-order valence-electron chi connectivity index (χ2n) is 9.33. The molecule has 25 heavy (non-hydrogen) atoms. The molecule has 0 aliphatic heterocycles. The number of rotatable bonds is 10. The van der Waals surface area contributed by atoms with Gasteiger partial charge in [0, 0.05) is 5.92 Å². The van der Waals surface area contributed by atoms with E-state index in [1.165, 1.54) is 25.7 Å². The van der Waals surface area contributed by atoms with Crippen LogP contribution in [0.2, 0.25) is 0 Å². The lowest BCUT2D eigenvalue weighted by molar-refractivity contribution is 0.174. The van der Waals surface area contributed by atoms with Crippen molar-refractivity contribution in [3.8, 4) is 6.07 Å². The third-order valence-corrected chi connectivity index (χ3v) is 7.61. The van der Waals surface area contributed by atoms with Gasteiger partial charge in [0.15, 0.2) is 0 Å². The van der Waals surface area contributed by atoms with Gasteiger partial charge in [0.1, 0.15) is 0 Å². The highest BCUT2D eigenvalue weighted by Crippen LogP contribution is 2.39. The van der Waals surface area contributed by atoms with Crippen molar-refractivity contribution in [1.29, 1.82) is 5.26 Å². The van der Waals surface area contributed by atoms with E-state index in [2.05, 4.69) is 67.5 Å². The number of nitrogens with zero attached hydrogens (tertiary/aromatic N) is 1. The zero-order chi connectivity index (χ0) is 19.1. The van der Waals surface area contributed by atoms with E-state index in [-0.39, 0.29) is 5.92 Å². The van der Waals surface area contributed by atoms with Gasteiger partial charge < -0.3 is 0 Å². The first-order chi connectivity index (χ1) is 11.7. The summed E-state index contributed by atoms with van der Waals surface area (Å²) >= 11 is 0. The fourth-order valence-electron chi connectivity index (χ4n) is 4.42. The third-order valence-electron chi connectivity index (χ3n) is 7.61. The van der Waals surface area contributed by atoms with E-state index in [1.54, 1.807) is 5.57 Å². The zero-order valence-corrected chi connectivity index (χ0v) is 18.2. The standard InChI is InChI=1S/C24H43N/c1-9-10-16(2)18(4)13-24(15-25)22(8)21(7)20(6)19(5)14-23-12-11-17(23)3/h14,16-22,24H,9-13H2,1-8H3. The summed E-state index contributed by atoms with van der Waals surface area (Å²) in [7, 11) is 0. The molecule has 1 aliphatic carbocycles. The van der Waals surface area contributed by atoms with Gasteiger partial charge in [0.25, 0.3) is 0 Å². The molecule has 0 aromatic carbocycles. The van der Waals surface area contributed by atoms with Gasteiger partial charge in [-0.25, -0.2) is 0 Å². The van der Waals surface area contributed by atoms with Crippen LogP contribution >= 0.6 is 0 Å². The summed E-state index contributed by atoms with van der Waals surface area (Å²) < 4.78 is 0. The minimum absolute atomic E-state index is 0.189. The van der Waals surface area contributed by atoms with Crippen molar-refractivity contribution in [3.05, 3.63) is 11.6 Å². The molecular formula is C24H43N. The topological polar surface area (TPSA) is 23.8 Å². The van der Waals surface area contributed by atoms with Gasteiger partial charge in [-0.05, 0) is 60.7 Å². The lowest BCUT2D eigenvalue weighted by Crippen LogP contribution is -2.28. The van der Waals surface area contributed by atoms with Gasteiger partial charge in [-0.15, -0.1) is 0 Å². The Labute approximate surface area is 158 Å². The Morgan fingerprint density at radius 3 is 2.12 bits per heavy atom. The summed E-state index contributed by atoms with van der Waals surface area (Å²) in [6.07, 6.45) is 8.79. The molecule has 0 N–H and O–H groups in total. The molecule has 0 heterocycles. The summed E-state index contributed by atoms with van der Waals surface area (Å²) in [5.41, 5.74) is 1.66. The quantitative estimate of drug-likeness (QED) is 0.376. The number of nitriles is 1. The summed E-state index contributed by atoms with van der Waals surface area (Å²) in [6.45, 7) is 18.8. The van der Waals surface area contributed by atoms with Crippen molar-refractivity contribution in [3.63, 3.8) is 0 Å². The van der Waals surface area contributed by atoms with Crippen LogP contribution in [0.15, 0.2) is 11.6 Å². The first-order valence-corrected chi connectivity index (χ1v) is 10.8. The Hall–Kier alpha value is -0.770. The smallest absolute Gasteiger partial charge is 0.0658 e. The van der Waals surface area contributed by atoms with Crippen LogP contribution in [0.3, 0.4) is 0 Å². The van der Waals surface area contributed by atoms with Gasteiger partial charge in [-0.1, -0.05) is 79.9 Å². The maximum absolute atomic E-state index is 9.79. The van der Waals surface area contributed by atoms with Crippen LogP contribution in [0.4, 0.5) is 0 Å². The maximum Gasteiger partial charge on any atom is 0.0658 e. The SMILES string of the molecule is CCCC(C)C(C)CC(C#N)C(C)C(C)C(C)C(C)C=C1CCC1C. The van der Waals surface area contributed by atoms with Crippen molar-refractivity contribution < 1.29 is 0 Å². The van der Waals surface area contributed by atoms with E-state index in [0.29, 0.717) is 29.6 Å². The van der Waals surface area contributed by atoms with Gasteiger partial charge in [-0.3, -0.25) is 0 Å². The second-order valence-corrected chi connectivity index (χ2v) is 9.33. The molecule has 1 rings (SSSR count). The monoisotopic (exact) mass is 345 g/mol.